The Kier molecular flexibility index (Phi) is 4.06. The Balaban J connectivity index is 1.70. The third-order valence-electron chi connectivity index (χ3n) is 3.75. The summed E-state index contributed by atoms with van der Waals surface area (Å²) in [7, 11) is 0. The summed E-state index contributed by atoms with van der Waals surface area (Å²) in [4.78, 5) is 20.1. The molecule has 0 fully saturated rings. The van der Waals surface area contributed by atoms with Gasteiger partial charge in [0, 0.05) is 24.4 Å². The minimum Gasteiger partial charge on any atom is -0.346 e. The van der Waals surface area contributed by atoms with Gasteiger partial charge in [-0.3, -0.25) is 4.79 Å². The highest BCUT2D eigenvalue weighted by molar-refractivity contribution is 5.92. The van der Waals surface area contributed by atoms with Crippen molar-refractivity contribution in [2.75, 3.05) is 0 Å². The molecule has 23 heavy (non-hydrogen) atoms. The molecule has 0 saturated heterocycles. The topological polar surface area (TPSA) is 72.7 Å². The van der Waals surface area contributed by atoms with Crippen LogP contribution in [0.1, 0.15) is 48.3 Å². The fraction of sp³-hybridized carbons (Fsp3) is 0.467. The Morgan fingerprint density at radius 1 is 1.43 bits per heavy atom. The summed E-state index contributed by atoms with van der Waals surface area (Å²) in [5.74, 6) is -0.533. The molecule has 2 aromatic heterocycles. The third-order valence-corrected chi connectivity index (χ3v) is 3.75. The van der Waals surface area contributed by atoms with E-state index in [-0.39, 0.29) is 12.0 Å². The van der Waals surface area contributed by atoms with Crippen molar-refractivity contribution in [2.45, 2.75) is 45.2 Å². The highest BCUT2D eigenvalue weighted by Crippen LogP contribution is 2.17. The second-order valence-corrected chi connectivity index (χ2v) is 5.92. The molecule has 1 amide bonds. The van der Waals surface area contributed by atoms with E-state index in [2.05, 4.69) is 20.4 Å². The van der Waals surface area contributed by atoms with Crippen molar-refractivity contribution < 1.29 is 13.6 Å². The first-order valence-electron chi connectivity index (χ1n) is 7.49. The van der Waals surface area contributed by atoms with Gasteiger partial charge in [-0.25, -0.2) is 23.4 Å². The molecular formula is C15H17F2N5O. The molecule has 8 heteroatoms. The van der Waals surface area contributed by atoms with Crippen LogP contribution in [0.4, 0.5) is 8.78 Å². The van der Waals surface area contributed by atoms with Crippen molar-refractivity contribution in [2.24, 2.45) is 0 Å². The molecule has 2 aromatic rings. The summed E-state index contributed by atoms with van der Waals surface area (Å²) in [6.45, 7) is 4.51. The molecule has 1 atom stereocenters. The van der Waals surface area contributed by atoms with E-state index in [0.717, 1.165) is 17.8 Å². The average molecular weight is 321 g/mol. The normalized spacial score (nSPS) is 17.2. The number of nitrogens with zero attached hydrogens (tertiary/aromatic N) is 4. The minimum absolute atomic E-state index is 0.192. The zero-order valence-corrected chi connectivity index (χ0v) is 12.9. The van der Waals surface area contributed by atoms with Gasteiger partial charge >= 0.3 is 0 Å². The number of halogens is 2. The van der Waals surface area contributed by atoms with E-state index in [1.165, 1.54) is 0 Å². The summed E-state index contributed by atoms with van der Waals surface area (Å²) in [6, 6.07) is 0.454. The molecule has 0 spiro atoms. The van der Waals surface area contributed by atoms with Gasteiger partial charge in [0.2, 0.25) is 0 Å². The molecule has 0 aromatic carbocycles. The predicted molar refractivity (Wildman–Crippen MR) is 77.8 cm³/mol. The van der Waals surface area contributed by atoms with Crippen LogP contribution in [0.25, 0.3) is 0 Å². The molecule has 0 bridgehead atoms. The molecule has 122 valence electrons. The summed E-state index contributed by atoms with van der Waals surface area (Å²) >= 11 is 0. The van der Waals surface area contributed by atoms with Crippen molar-refractivity contribution in [1.82, 2.24) is 25.1 Å². The molecule has 6 nitrogen and oxygen atoms in total. The van der Waals surface area contributed by atoms with Gasteiger partial charge in [-0.1, -0.05) is 13.8 Å². The van der Waals surface area contributed by atoms with Crippen LogP contribution in [-0.4, -0.2) is 31.7 Å². The van der Waals surface area contributed by atoms with E-state index in [9.17, 15) is 13.6 Å². The first-order valence-corrected chi connectivity index (χ1v) is 7.49. The molecule has 0 saturated carbocycles. The van der Waals surface area contributed by atoms with E-state index in [0.29, 0.717) is 25.5 Å². The number of carbonyl (C=O) groups excluding carboxylic acids is 1. The molecule has 0 unspecified atom stereocenters. The van der Waals surface area contributed by atoms with E-state index < -0.39 is 23.2 Å². The van der Waals surface area contributed by atoms with Crippen LogP contribution in [0.2, 0.25) is 0 Å². The molecule has 1 aliphatic rings. The number of fused-ring (bicyclic) bond motifs is 1. The molecule has 0 radical (unpaired) electrons. The standard InChI is InChI=1S/C15H17F2N5O/c1-8(2)14-20-12-4-3-10(7-22(12)21-14)19-15(23)13-11(17)5-9(16)6-18-13/h5-6,8,10H,3-4,7H2,1-2H3,(H,19,23)/t10-/m1/s1. The lowest BCUT2D eigenvalue weighted by atomic mass is 10.1. The minimum atomic E-state index is -0.971. The van der Waals surface area contributed by atoms with Crippen molar-refractivity contribution >= 4 is 5.91 Å². The van der Waals surface area contributed by atoms with Crippen molar-refractivity contribution in [1.29, 1.82) is 0 Å². The Morgan fingerprint density at radius 2 is 2.22 bits per heavy atom. The van der Waals surface area contributed by atoms with Gasteiger partial charge in [-0.15, -0.1) is 0 Å². The lowest BCUT2D eigenvalue weighted by Crippen LogP contribution is -2.41. The second-order valence-electron chi connectivity index (χ2n) is 5.92. The summed E-state index contributed by atoms with van der Waals surface area (Å²) < 4.78 is 28.2. The van der Waals surface area contributed by atoms with Crippen LogP contribution in [0.5, 0.6) is 0 Å². The highest BCUT2D eigenvalue weighted by Gasteiger charge is 2.25. The highest BCUT2D eigenvalue weighted by atomic mass is 19.1. The molecular weight excluding hydrogens is 304 g/mol. The van der Waals surface area contributed by atoms with E-state index in [1.54, 1.807) is 4.68 Å². The number of aromatic nitrogens is 4. The number of pyridine rings is 1. The Morgan fingerprint density at radius 3 is 2.91 bits per heavy atom. The number of hydrogen-bond donors (Lipinski definition) is 1. The molecule has 3 rings (SSSR count). The van der Waals surface area contributed by atoms with Gasteiger partial charge in [0.15, 0.2) is 17.3 Å². The Hall–Kier alpha value is -2.38. The van der Waals surface area contributed by atoms with Crippen LogP contribution in [-0.2, 0) is 13.0 Å². The van der Waals surface area contributed by atoms with Crippen LogP contribution in [0, 0.1) is 11.6 Å². The number of rotatable bonds is 3. The van der Waals surface area contributed by atoms with Gasteiger partial charge in [0.1, 0.15) is 11.6 Å². The monoisotopic (exact) mass is 321 g/mol. The number of hydrogen-bond acceptors (Lipinski definition) is 4. The van der Waals surface area contributed by atoms with Gasteiger partial charge in [-0.05, 0) is 6.42 Å². The average Bonchev–Trinajstić information content (AvgIpc) is 2.90. The van der Waals surface area contributed by atoms with Crippen LogP contribution in [0.15, 0.2) is 12.3 Å². The smallest absolute Gasteiger partial charge is 0.273 e. The second kappa shape index (κ2) is 6.02. The maximum absolute atomic E-state index is 13.6. The predicted octanol–water partition coefficient (Wildman–Crippen LogP) is 1.82. The van der Waals surface area contributed by atoms with E-state index in [4.69, 9.17) is 0 Å². The SMILES string of the molecule is CC(C)c1nc2n(n1)C[C@H](NC(=O)c1ncc(F)cc1F)CC2. The number of aryl methyl sites for hydroxylation is 1. The Bertz CT molecular complexity index is 743. The van der Waals surface area contributed by atoms with Crippen LogP contribution in [0.3, 0.4) is 0 Å². The molecule has 3 heterocycles. The molecule has 1 N–H and O–H groups in total. The lowest BCUT2D eigenvalue weighted by molar-refractivity contribution is 0.0916. The van der Waals surface area contributed by atoms with Crippen LogP contribution >= 0.6 is 0 Å². The first kappa shape index (κ1) is 15.5. The van der Waals surface area contributed by atoms with Gasteiger partial charge < -0.3 is 5.32 Å². The maximum atomic E-state index is 13.6. The van der Waals surface area contributed by atoms with Gasteiger partial charge in [0.25, 0.3) is 5.91 Å². The maximum Gasteiger partial charge on any atom is 0.273 e. The Labute approximate surface area is 131 Å². The fourth-order valence-electron chi connectivity index (χ4n) is 2.53. The quantitative estimate of drug-likeness (QED) is 0.936. The zero-order valence-electron chi connectivity index (χ0n) is 12.9. The first-order chi connectivity index (χ1) is 10.9. The largest absolute Gasteiger partial charge is 0.346 e. The van der Waals surface area contributed by atoms with Gasteiger partial charge in [-0.2, -0.15) is 5.10 Å². The van der Waals surface area contributed by atoms with Crippen molar-refractivity contribution in [3.63, 3.8) is 0 Å². The number of nitrogens with one attached hydrogen (secondary N) is 1. The lowest BCUT2D eigenvalue weighted by Gasteiger charge is -2.23. The fourth-order valence-corrected chi connectivity index (χ4v) is 2.53. The molecule has 0 aliphatic carbocycles. The summed E-state index contributed by atoms with van der Waals surface area (Å²) in [5.41, 5.74) is -0.404. The summed E-state index contributed by atoms with van der Waals surface area (Å²) in [6.07, 6.45) is 2.19. The van der Waals surface area contributed by atoms with Crippen molar-refractivity contribution in [3.8, 4) is 0 Å². The number of carbonyl (C=O) groups is 1. The van der Waals surface area contributed by atoms with Crippen molar-refractivity contribution in [3.05, 3.63) is 41.2 Å². The zero-order chi connectivity index (χ0) is 16.6. The third kappa shape index (κ3) is 3.20. The molecule has 1 aliphatic heterocycles. The summed E-state index contributed by atoms with van der Waals surface area (Å²) in [5, 5.41) is 7.15. The van der Waals surface area contributed by atoms with E-state index in [1.807, 2.05) is 13.8 Å². The number of amides is 1. The van der Waals surface area contributed by atoms with Crippen LogP contribution < -0.4 is 5.32 Å². The van der Waals surface area contributed by atoms with Gasteiger partial charge in [0.05, 0.1) is 12.7 Å². The van der Waals surface area contributed by atoms with E-state index >= 15 is 0 Å².